The van der Waals surface area contributed by atoms with Crippen LogP contribution in [0.2, 0.25) is 0 Å². The summed E-state index contributed by atoms with van der Waals surface area (Å²) in [4.78, 5) is 25.5. The number of nitrogen functional groups attached to an aromatic ring is 1. The summed E-state index contributed by atoms with van der Waals surface area (Å²) in [5.41, 5.74) is 6.46. The van der Waals surface area contributed by atoms with E-state index in [1.165, 1.54) is 6.07 Å². The number of rotatable bonds is 3. The van der Waals surface area contributed by atoms with Crippen molar-refractivity contribution in [1.29, 1.82) is 0 Å². The lowest BCUT2D eigenvalue weighted by atomic mass is 9.99. The van der Waals surface area contributed by atoms with Crippen molar-refractivity contribution in [2.75, 3.05) is 25.4 Å². The van der Waals surface area contributed by atoms with E-state index in [0.717, 1.165) is 25.9 Å². The second kappa shape index (κ2) is 6.41. The third-order valence-electron chi connectivity index (χ3n) is 3.59. The van der Waals surface area contributed by atoms with Crippen LogP contribution in [-0.4, -0.2) is 36.5 Å². The maximum atomic E-state index is 11.9. The number of amides is 1. The standard InChI is InChI=1S/C15H20N2O3/c1-11-5-7-17(8-6-11)14(18)10-20-15(19)12-3-2-4-13(16)9-12/h2-4,9,11H,5-8,10,16H2,1H3. The molecule has 0 saturated carbocycles. The van der Waals surface area contributed by atoms with E-state index < -0.39 is 5.97 Å². The average Bonchev–Trinajstić information content (AvgIpc) is 2.45. The van der Waals surface area contributed by atoms with Gasteiger partial charge in [0.05, 0.1) is 5.56 Å². The van der Waals surface area contributed by atoms with Crippen LogP contribution in [0.4, 0.5) is 5.69 Å². The Kier molecular flexibility index (Phi) is 4.61. The smallest absolute Gasteiger partial charge is 0.338 e. The van der Waals surface area contributed by atoms with Gasteiger partial charge in [-0.2, -0.15) is 0 Å². The molecule has 1 fully saturated rings. The van der Waals surface area contributed by atoms with Crippen molar-refractivity contribution in [1.82, 2.24) is 4.90 Å². The molecule has 2 rings (SSSR count). The fraction of sp³-hybridized carbons (Fsp3) is 0.467. The Morgan fingerprint density at radius 2 is 2.05 bits per heavy atom. The predicted molar refractivity (Wildman–Crippen MR) is 76.1 cm³/mol. The quantitative estimate of drug-likeness (QED) is 0.673. The highest BCUT2D eigenvalue weighted by molar-refractivity contribution is 5.92. The van der Waals surface area contributed by atoms with E-state index in [0.29, 0.717) is 17.2 Å². The van der Waals surface area contributed by atoms with Gasteiger partial charge in [0.15, 0.2) is 6.61 Å². The summed E-state index contributed by atoms with van der Waals surface area (Å²) < 4.78 is 5.04. The van der Waals surface area contributed by atoms with Crippen molar-refractivity contribution in [3.05, 3.63) is 29.8 Å². The van der Waals surface area contributed by atoms with Gasteiger partial charge < -0.3 is 15.4 Å². The van der Waals surface area contributed by atoms with Crippen LogP contribution in [0.5, 0.6) is 0 Å². The van der Waals surface area contributed by atoms with Crippen LogP contribution in [0.15, 0.2) is 24.3 Å². The molecule has 0 aliphatic carbocycles. The summed E-state index contributed by atoms with van der Waals surface area (Å²) in [6, 6.07) is 6.53. The minimum atomic E-state index is -0.518. The molecule has 1 saturated heterocycles. The molecule has 1 aromatic rings. The second-order valence-electron chi connectivity index (χ2n) is 5.26. The second-order valence-corrected chi connectivity index (χ2v) is 5.26. The van der Waals surface area contributed by atoms with Crippen LogP contribution in [-0.2, 0) is 9.53 Å². The molecular formula is C15H20N2O3. The van der Waals surface area contributed by atoms with Crippen LogP contribution in [0.25, 0.3) is 0 Å². The number of carbonyl (C=O) groups is 2. The third kappa shape index (κ3) is 3.73. The Hall–Kier alpha value is -2.04. The zero-order valence-corrected chi connectivity index (χ0v) is 11.7. The summed E-state index contributed by atoms with van der Waals surface area (Å²) in [6.45, 7) is 3.47. The number of anilines is 1. The summed E-state index contributed by atoms with van der Waals surface area (Å²) in [5.74, 6) is 0.0130. The summed E-state index contributed by atoms with van der Waals surface area (Å²) in [6.07, 6.45) is 2.02. The molecule has 1 heterocycles. The third-order valence-corrected chi connectivity index (χ3v) is 3.59. The van der Waals surface area contributed by atoms with Gasteiger partial charge in [0.1, 0.15) is 0 Å². The van der Waals surface area contributed by atoms with E-state index in [9.17, 15) is 9.59 Å². The fourth-order valence-electron chi connectivity index (χ4n) is 2.23. The van der Waals surface area contributed by atoms with Crippen LogP contribution in [0.3, 0.4) is 0 Å². The number of benzene rings is 1. The van der Waals surface area contributed by atoms with Gasteiger partial charge in [0, 0.05) is 18.8 Å². The average molecular weight is 276 g/mol. The normalized spacial score (nSPS) is 15.9. The highest BCUT2D eigenvalue weighted by atomic mass is 16.5. The van der Waals surface area contributed by atoms with Gasteiger partial charge in [0.25, 0.3) is 5.91 Å². The van der Waals surface area contributed by atoms with Crippen molar-refractivity contribution in [3.8, 4) is 0 Å². The van der Waals surface area contributed by atoms with Gasteiger partial charge in [-0.15, -0.1) is 0 Å². The van der Waals surface area contributed by atoms with Crippen molar-refractivity contribution in [3.63, 3.8) is 0 Å². The first-order chi connectivity index (χ1) is 9.56. The molecule has 108 valence electrons. The molecule has 5 heteroatoms. The van der Waals surface area contributed by atoms with Gasteiger partial charge in [-0.1, -0.05) is 13.0 Å². The maximum Gasteiger partial charge on any atom is 0.338 e. The Morgan fingerprint density at radius 3 is 2.70 bits per heavy atom. The number of nitrogens with zero attached hydrogens (tertiary/aromatic N) is 1. The number of ether oxygens (including phenoxy) is 1. The highest BCUT2D eigenvalue weighted by Crippen LogP contribution is 2.16. The number of hydrogen-bond donors (Lipinski definition) is 1. The Bertz CT molecular complexity index is 494. The number of hydrogen-bond acceptors (Lipinski definition) is 4. The highest BCUT2D eigenvalue weighted by Gasteiger charge is 2.21. The molecule has 20 heavy (non-hydrogen) atoms. The van der Waals surface area contributed by atoms with Gasteiger partial charge in [0.2, 0.25) is 0 Å². The molecule has 2 N–H and O–H groups in total. The number of esters is 1. The van der Waals surface area contributed by atoms with Crippen molar-refractivity contribution in [2.45, 2.75) is 19.8 Å². The van der Waals surface area contributed by atoms with E-state index in [2.05, 4.69) is 6.92 Å². The molecule has 0 bridgehead atoms. The molecule has 1 aromatic carbocycles. The largest absolute Gasteiger partial charge is 0.452 e. The monoisotopic (exact) mass is 276 g/mol. The summed E-state index contributed by atoms with van der Waals surface area (Å²) >= 11 is 0. The lowest BCUT2D eigenvalue weighted by molar-refractivity contribution is -0.135. The zero-order chi connectivity index (χ0) is 14.5. The first kappa shape index (κ1) is 14.4. The Balaban J connectivity index is 1.82. The number of piperidine rings is 1. The lowest BCUT2D eigenvalue weighted by Gasteiger charge is -2.30. The summed E-state index contributed by atoms with van der Waals surface area (Å²) in [5, 5.41) is 0. The summed E-state index contributed by atoms with van der Waals surface area (Å²) in [7, 11) is 0. The maximum absolute atomic E-state index is 11.9. The number of carbonyl (C=O) groups excluding carboxylic acids is 2. The van der Waals surface area contributed by atoms with Gasteiger partial charge >= 0.3 is 5.97 Å². The van der Waals surface area contributed by atoms with Crippen LogP contribution >= 0.6 is 0 Å². The SMILES string of the molecule is CC1CCN(C(=O)COC(=O)c2cccc(N)c2)CC1. The van der Waals surface area contributed by atoms with E-state index in [-0.39, 0.29) is 12.5 Å². The van der Waals surface area contributed by atoms with Crippen molar-refractivity contribution in [2.24, 2.45) is 5.92 Å². The van der Waals surface area contributed by atoms with E-state index in [1.807, 2.05) is 0 Å². The molecule has 1 aliphatic heterocycles. The Labute approximate surface area is 118 Å². The number of nitrogens with two attached hydrogens (primary N) is 1. The van der Waals surface area contributed by atoms with Crippen molar-refractivity contribution < 1.29 is 14.3 Å². The molecule has 0 atom stereocenters. The van der Waals surface area contributed by atoms with Gasteiger partial charge in [-0.25, -0.2) is 4.79 Å². The van der Waals surface area contributed by atoms with Gasteiger partial charge in [-0.3, -0.25) is 4.79 Å². The van der Waals surface area contributed by atoms with Crippen LogP contribution in [0.1, 0.15) is 30.1 Å². The van der Waals surface area contributed by atoms with Crippen LogP contribution < -0.4 is 5.73 Å². The topological polar surface area (TPSA) is 72.6 Å². The number of likely N-dealkylation sites (tertiary alicyclic amines) is 1. The van der Waals surface area contributed by atoms with Crippen molar-refractivity contribution >= 4 is 17.6 Å². The van der Waals surface area contributed by atoms with E-state index >= 15 is 0 Å². The van der Waals surface area contributed by atoms with Crippen LogP contribution in [0, 0.1) is 5.92 Å². The van der Waals surface area contributed by atoms with Gasteiger partial charge in [-0.05, 0) is 37.0 Å². The molecule has 5 nitrogen and oxygen atoms in total. The first-order valence-electron chi connectivity index (χ1n) is 6.86. The Morgan fingerprint density at radius 1 is 1.35 bits per heavy atom. The first-order valence-corrected chi connectivity index (χ1v) is 6.86. The van der Waals surface area contributed by atoms with E-state index in [4.69, 9.17) is 10.5 Å². The van der Waals surface area contributed by atoms with E-state index in [1.54, 1.807) is 23.1 Å². The minimum Gasteiger partial charge on any atom is -0.452 e. The lowest BCUT2D eigenvalue weighted by Crippen LogP contribution is -2.40. The molecule has 0 radical (unpaired) electrons. The molecule has 0 aromatic heterocycles. The fourth-order valence-corrected chi connectivity index (χ4v) is 2.23. The zero-order valence-electron chi connectivity index (χ0n) is 11.7. The molecular weight excluding hydrogens is 256 g/mol. The molecule has 1 aliphatic rings. The molecule has 1 amide bonds. The molecule has 0 unspecified atom stereocenters. The minimum absolute atomic E-state index is 0.130. The molecule has 0 spiro atoms. The predicted octanol–water partition coefficient (Wildman–Crippen LogP) is 1.68.